The van der Waals surface area contributed by atoms with Crippen molar-refractivity contribution in [1.29, 1.82) is 0 Å². The third-order valence-electron chi connectivity index (χ3n) is 5.88. The van der Waals surface area contributed by atoms with Crippen LogP contribution in [0.2, 0.25) is 0 Å². The number of benzene rings is 3. The SMILES string of the molecule is Cc1oc(-c2ccccc2)nc1Cc1cc2cc(CC(SCc3ccccc3)C(=O)O)ccc2o1. The van der Waals surface area contributed by atoms with Gasteiger partial charge in [0.1, 0.15) is 22.4 Å². The number of carbonyl (C=O) groups is 1. The lowest BCUT2D eigenvalue weighted by atomic mass is 10.1. The fraction of sp³-hybridized carbons (Fsp3) is 0.172. The van der Waals surface area contributed by atoms with E-state index in [0.717, 1.165) is 44.9 Å². The molecule has 1 N–H and O–H groups in total. The monoisotopic (exact) mass is 483 g/mol. The fourth-order valence-corrected chi connectivity index (χ4v) is 5.06. The first-order chi connectivity index (χ1) is 17.0. The number of aliphatic carboxylic acids is 1. The molecule has 0 spiro atoms. The van der Waals surface area contributed by atoms with Gasteiger partial charge in [0.15, 0.2) is 0 Å². The van der Waals surface area contributed by atoms with Crippen LogP contribution in [0.4, 0.5) is 0 Å². The van der Waals surface area contributed by atoms with E-state index >= 15 is 0 Å². The Morgan fingerprint density at radius 1 is 0.943 bits per heavy atom. The summed E-state index contributed by atoms with van der Waals surface area (Å²) in [6.45, 7) is 1.91. The standard InChI is InChI=1S/C29H25NO4S/c1-19-25(30-28(33-19)22-10-6-3-7-11-22)17-24-16-23-14-21(12-13-26(23)34-24)15-27(29(31)32)35-18-20-8-4-2-5-9-20/h2-14,16,27H,15,17-18H2,1H3,(H,31,32). The summed E-state index contributed by atoms with van der Waals surface area (Å²) in [7, 11) is 0. The summed E-state index contributed by atoms with van der Waals surface area (Å²) in [4.78, 5) is 16.5. The van der Waals surface area contributed by atoms with Crippen LogP contribution in [0.3, 0.4) is 0 Å². The molecule has 5 rings (SSSR count). The topological polar surface area (TPSA) is 76.5 Å². The first-order valence-corrected chi connectivity index (χ1v) is 12.5. The maximum absolute atomic E-state index is 11.9. The van der Waals surface area contributed by atoms with Crippen LogP contribution >= 0.6 is 11.8 Å². The van der Waals surface area contributed by atoms with Gasteiger partial charge < -0.3 is 13.9 Å². The number of hydrogen-bond donors (Lipinski definition) is 1. The van der Waals surface area contributed by atoms with Crippen LogP contribution in [0.15, 0.2) is 93.8 Å². The van der Waals surface area contributed by atoms with E-state index in [9.17, 15) is 9.90 Å². The van der Waals surface area contributed by atoms with Gasteiger partial charge in [-0.1, -0.05) is 54.6 Å². The largest absolute Gasteiger partial charge is 0.480 e. The Balaban J connectivity index is 1.30. The minimum atomic E-state index is -0.797. The molecule has 0 saturated heterocycles. The van der Waals surface area contributed by atoms with Crippen molar-refractivity contribution in [2.75, 3.05) is 0 Å². The van der Waals surface area contributed by atoms with Gasteiger partial charge in [-0.25, -0.2) is 4.98 Å². The average molecular weight is 484 g/mol. The number of rotatable bonds is 9. The lowest BCUT2D eigenvalue weighted by Crippen LogP contribution is -2.19. The molecule has 0 bridgehead atoms. The van der Waals surface area contributed by atoms with E-state index in [0.29, 0.717) is 24.5 Å². The van der Waals surface area contributed by atoms with E-state index in [1.54, 1.807) is 0 Å². The molecule has 2 heterocycles. The zero-order chi connectivity index (χ0) is 24.2. The quantitative estimate of drug-likeness (QED) is 0.245. The summed E-state index contributed by atoms with van der Waals surface area (Å²) in [6, 6.07) is 27.7. The summed E-state index contributed by atoms with van der Waals surface area (Å²) in [6.07, 6.45) is 0.975. The number of aryl methyl sites for hydroxylation is 1. The molecule has 176 valence electrons. The van der Waals surface area contributed by atoms with Crippen molar-refractivity contribution in [2.45, 2.75) is 30.8 Å². The summed E-state index contributed by atoms with van der Waals surface area (Å²) >= 11 is 1.45. The van der Waals surface area contributed by atoms with E-state index in [-0.39, 0.29) is 0 Å². The number of carboxylic acid groups (broad SMARTS) is 1. The Morgan fingerprint density at radius 3 is 2.43 bits per heavy atom. The van der Waals surface area contributed by atoms with Crippen molar-refractivity contribution in [3.63, 3.8) is 0 Å². The molecule has 0 radical (unpaired) electrons. The molecule has 5 aromatic rings. The lowest BCUT2D eigenvalue weighted by molar-refractivity contribution is -0.136. The van der Waals surface area contributed by atoms with E-state index in [1.165, 1.54) is 11.8 Å². The molecule has 1 unspecified atom stereocenters. The Kier molecular flexibility index (Phi) is 6.73. The molecule has 5 nitrogen and oxygen atoms in total. The van der Waals surface area contributed by atoms with Crippen LogP contribution in [0, 0.1) is 6.92 Å². The zero-order valence-electron chi connectivity index (χ0n) is 19.3. The minimum Gasteiger partial charge on any atom is -0.480 e. The number of fused-ring (bicyclic) bond motifs is 1. The van der Waals surface area contributed by atoms with E-state index in [4.69, 9.17) is 8.83 Å². The molecule has 0 amide bonds. The highest BCUT2D eigenvalue weighted by molar-refractivity contribution is 7.99. The van der Waals surface area contributed by atoms with Gasteiger partial charge in [-0.15, -0.1) is 11.8 Å². The summed E-state index contributed by atoms with van der Waals surface area (Å²) < 4.78 is 11.9. The normalized spacial score (nSPS) is 12.1. The second-order valence-electron chi connectivity index (χ2n) is 8.48. The maximum Gasteiger partial charge on any atom is 0.316 e. The molecule has 35 heavy (non-hydrogen) atoms. The predicted molar refractivity (Wildman–Crippen MR) is 139 cm³/mol. The van der Waals surface area contributed by atoms with Crippen LogP contribution in [0.25, 0.3) is 22.4 Å². The fourth-order valence-electron chi connectivity index (χ4n) is 4.03. The number of aromatic nitrogens is 1. The number of thioether (sulfide) groups is 1. The zero-order valence-corrected chi connectivity index (χ0v) is 20.1. The third kappa shape index (κ3) is 5.49. The highest BCUT2D eigenvalue weighted by Gasteiger charge is 2.20. The molecule has 1 atom stereocenters. The molecule has 3 aromatic carbocycles. The van der Waals surface area contributed by atoms with Gasteiger partial charge in [-0.05, 0) is 54.8 Å². The Bertz CT molecular complexity index is 1440. The first kappa shape index (κ1) is 23.0. The lowest BCUT2D eigenvalue weighted by Gasteiger charge is -2.12. The van der Waals surface area contributed by atoms with Crippen molar-refractivity contribution >= 4 is 28.7 Å². The Morgan fingerprint density at radius 2 is 1.69 bits per heavy atom. The van der Waals surface area contributed by atoms with Crippen LogP contribution in [0.1, 0.15) is 28.3 Å². The number of oxazole rings is 1. The van der Waals surface area contributed by atoms with Crippen molar-refractivity contribution in [3.8, 4) is 11.5 Å². The Hall–Kier alpha value is -3.77. The third-order valence-corrected chi connectivity index (χ3v) is 7.15. The summed E-state index contributed by atoms with van der Waals surface area (Å²) in [5, 5.41) is 10.2. The van der Waals surface area contributed by atoms with Gasteiger partial charge in [0.05, 0.1) is 12.1 Å². The van der Waals surface area contributed by atoms with Crippen LogP contribution in [-0.4, -0.2) is 21.3 Å². The van der Waals surface area contributed by atoms with Gasteiger partial charge in [-0.3, -0.25) is 4.79 Å². The highest BCUT2D eigenvalue weighted by Crippen LogP contribution is 2.28. The first-order valence-electron chi connectivity index (χ1n) is 11.5. The second kappa shape index (κ2) is 10.2. The van der Waals surface area contributed by atoms with Gasteiger partial charge in [-0.2, -0.15) is 0 Å². The second-order valence-corrected chi connectivity index (χ2v) is 9.67. The smallest absolute Gasteiger partial charge is 0.316 e. The molecule has 0 fully saturated rings. The number of carboxylic acids is 1. The van der Waals surface area contributed by atoms with E-state index < -0.39 is 11.2 Å². The molecular formula is C29H25NO4S. The molecule has 0 aliphatic heterocycles. The van der Waals surface area contributed by atoms with Crippen LogP contribution < -0.4 is 0 Å². The van der Waals surface area contributed by atoms with Crippen LogP contribution in [0.5, 0.6) is 0 Å². The molecular weight excluding hydrogens is 458 g/mol. The van der Waals surface area contributed by atoms with Crippen LogP contribution in [-0.2, 0) is 23.4 Å². The predicted octanol–water partition coefficient (Wildman–Crippen LogP) is 6.92. The van der Waals surface area contributed by atoms with Gasteiger partial charge >= 0.3 is 5.97 Å². The highest BCUT2D eigenvalue weighted by atomic mass is 32.2. The molecule has 0 aliphatic carbocycles. The van der Waals surface area contributed by atoms with Crippen molar-refractivity contribution in [3.05, 3.63) is 113 Å². The molecule has 6 heteroatoms. The maximum atomic E-state index is 11.9. The number of hydrogen-bond acceptors (Lipinski definition) is 5. The Labute approximate surface area is 207 Å². The average Bonchev–Trinajstić information content (AvgIpc) is 3.45. The minimum absolute atomic E-state index is 0.451. The van der Waals surface area contributed by atoms with Gasteiger partial charge in [0, 0.05) is 16.7 Å². The number of nitrogens with zero attached hydrogens (tertiary/aromatic N) is 1. The molecule has 0 saturated carbocycles. The summed E-state index contributed by atoms with van der Waals surface area (Å²) in [5.74, 6) is 2.03. The molecule has 2 aromatic heterocycles. The van der Waals surface area contributed by atoms with E-state index in [2.05, 4.69) is 4.98 Å². The molecule has 0 aliphatic rings. The van der Waals surface area contributed by atoms with Gasteiger partial charge in [0.2, 0.25) is 5.89 Å². The van der Waals surface area contributed by atoms with Gasteiger partial charge in [0.25, 0.3) is 0 Å². The van der Waals surface area contributed by atoms with Crippen molar-refractivity contribution < 1.29 is 18.7 Å². The summed E-state index contributed by atoms with van der Waals surface area (Å²) in [5.41, 5.74) is 4.65. The van der Waals surface area contributed by atoms with E-state index in [1.807, 2.05) is 91.9 Å². The van der Waals surface area contributed by atoms with Crippen molar-refractivity contribution in [1.82, 2.24) is 4.98 Å². The van der Waals surface area contributed by atoms with Crippen molar-refractivity contribution in [2.24, 2.45) is 0 Å². The number of furan rings is 1.